The molecule has 0 aliphatic heterocycles. The van der Waals surface area contributed by atoms with Gasteiger partial charge in [0, 0.05) is 12.3 Å². The summed E-state index contributed by atoms with van der Waals surface area (Å²) in [5.41, 5.74) is -0.428. The number of hydrogen-bond acceptors (Lipinski definition) is 2. The third-order valence-electron chi connectivity index (χ3n) is 0.664. The second-order valence-corrected chi connectivity index (χ2v) is 1.58. The highest BCUT2D eigenvalue weighted by Crippen LogP contribution is 1.98. The van der Waals surface area contributed by atoms with E-state index in [0.717, 1.165) is 0 Å². The molecular weight excluding hydrogens is 138 g/mol. The molecule has 0 aromatic carbocycles. The molecule has 0 aliphatic carbocycles. The highest BCUT2D eigenvalue weighted by Gasteiger charge is 1.96. The molecule has 0 bridgehead atoms. The summed E-state index contributed by atoms with van der Waals surface area (Å²) in [5.74, 6) is 0. The second-order valence-electron chi connectivity index (χ2n) is 1.23. The van der Waals surface area contributed by atoms with Crippen LogP contribution in [0.3, 0.4) is 0 Å². The Bertz CT molecular complexity index is 381. The maximum absolute atomic E-state index is 10.7. The average molecular weight is 146 g/mol. The number of halogens is 1. The number of carbonyl (C=O) groups is 1. The fourth-order valence-electron chi connectivity index (χ4n) is 0.323. The Labute approximate surface area is 63.1 Å². The van der Waals surface area contributed by atoms with Crippen molar-refractivity contribution in [2.24, 2.45) is 0 Å². The summed E-state index contributed by atoms with van der Waals surface area (Å²) in [7, 11) is 0. The van der Waals surface area contributed by atoms with Crippen LogP contribution in [0.1, 0.15) is 15.8 Å². The van der Waals surface area contributed by atoms with Crippen LogP contribution in [0, 0.1) is 0 Å². The average Bonchev–Trinajstić information content (AvgIpc) is 1.99. The lowest BCUT2D eigenvalue weighted by molar-refractivity contribution is 0.108. The molecule has 3 heteroatoms. The van der Waals surface area contributed by atoms with Crippen LogP contribution in [0.5, 0.6) is 0 Å². The molecule has 0 amide bonds. The Morgan fingerprint density at radius 3 is 3.33 bits per heavy atom. The van der Waals surface area contributed by atoms with E-state index in [0.29, 0.717) is 0 Å². The van der Waals surface area contributed by atoms with E-state index in [2.05, 4.69) is 4.98 Å². The minimum Gasteiger partial charge on any atom is -0.276 e. The molecule has 0 N–H and O–H groups in total. The summed E-state index contributed by atoms with van der Waals surface area (Å²) in [6, 6.07) is -1.02. The third-order valence-corrected chi connectivity index (χ3v) is 0.853. The van der Waals surface area contributed by atoms with E-state index in [1.165, 1.54) is 0 Å². The number of hydrogen-bond donors (Lipinski definition) is 0. The van der Waals surface area contributed by atoms with E-state index < -0.39 is 35.2 Å². The summed E-state index contributed by atoms with van der Waals surface area (Å²) >= 11 is 5.07. The monoisotopic (exact) mass is 145 g/mol. The highest BCUT2D eigenvalue weighted by molar-refractivity contribution is 6.67. The number of pyridine rings is 1. The molecule has 1 aromatic rings. The number of nitrogens with zero attached hydrogens (tertiary/aromatic N) is 1. The summed E-state index contributed by atoms with van der Waals surface area (Å²) in [6.07, 6.45) is -1.04. The van der Waals surface area contributed by atoms with Gasteiger partial charge in [-0.3, -0.25) is 9.78 Å². The Morgan fingerprint density at radius 1 is 1.89 bits per heavy atom. The molecule has 46 valence electrons. The van der Waals surface area contributed by atoms with Gasteiger partial charge in [0.25, 0.3) is 5.24 Å². The van der Waals surface area contributed by atoms with Gasteiger partial charge in [0.05, 0.1) is 11.0 Å². The first-order valence-corrected chi connectivity index (χ1v) is 2.47. The van der Waals surface area contributed by atoms with Crippen molar-refractivity contribution in [1.82, 2.24) is 4.98 Å². The summed E-state index contributed by atoms with van der Waals surface area (Å²) in [6.45, 7) is 0. The quantitative estimate of drug-likeness (QED) is 0.560. The molecule has 1 rings (SSSR count). The van der Waals surface area contributed by atoms with E-state index in [1.54, 1.807) is 0 Å². The highest BCUT2D eigenvalue weighted by atomic mass is 35.5. The van der Waals surface area contributed by atoms with Gasteiger partial charge >= 0.3 is 0 Å². The molecule has 0 radical (unpaired) electrons. The molecule has 0 fully saturated rings. The standard InChI is InChI=1S/C6H4ClNO/c7-6(9)5-2-1-3-8-4-5/h1-4H/i1D,2D,3D,4D. The SMILES string of the molecule is [2H]c1nc([2H])c(C(=O)Cl)c([2H])c1[2H]. The summed E-state index contributed by atoms with van der Waals surface area (Å²) in [5, 5.41) is -1.00. The minimum absolute atomic E-state index is 0.428. The van der Waals surface area contributed by atoms with Gasteiger partial charge in [-0.1, -0.05) is 0 Å². The molecular formula is C6H4ClNO. The van der Waals surface area contributed by atoms with Crippen molar-refractivity contribution in [3.8, 4) is 0 Å². The lowest BCUT2D eigenvalue weighted by Gasteiger charge is -1.86. The maximum atomic E-state index is 10.7. The van der Waals surface area contributed by atoms with E-state index in [4.69, 9.17) is 17.1 Å². The summed E-state index contributed by atoms with van der Waals surface area (Å²) < 4.78 is 28.6. The Morgan fingerprint density at radius 2 is 2.67 bits per heavy atom. The lowest BCUT2D eigenvalue weighted by Crippen LogP contribution is -1.87. The van der Waals surface area contributed by atoms with Crippen molar-refractivity contribution >= 4 is 16.8 Å². The van der Waals surface area contributed by atoms with Gasteiger partial charge in [0.15, 0.2) is 0 Å². The topological polar surface area (TPSA) is 30.0 Å². The third kappa shape index (κ3) is 1.50. The van der Waals surface area contributed by atoms with Crippen molar-refractivity contribution in [3.05, 3.63) is 30.0 Å². The van der Waals surface area contributed by atoms with E-state index in [-0.39, 0.29) is 0 Å². The number of carbonyl (C=O) groups excluding carboxylic acids is 1. The lowest BCUT2D eigenvalue weighted by atomic mass is 10.3. The Kier molecular flexibility index (Phi) is 0.807. The van der Waals surface area contributed by atoms with E-state index in [9.17, 15) is 4.79 Å². The molecule has 0 saturated carbocycles. The Hall–Kier alpha value is -0.890. The zero-order valence-electron chi connectivity index (χ0n) is 8.23. The van der Waals surface area contributed by atoms with Crippen molar-refractivity contribution < 1.29 is 10.3 Å². The van der Waals surface area contributed by atoms with Crippen molar-refractivity contribution in [3.63, 3.8) is 0 Å². The van der Waals surface area contributed by atoms with Gasteiger partial charge in [0.2, 0.25) is 0 Å². The van der Waals surface area contributed by atoms with Gasteiger partial charge in [-0.15, -0.1) is 0 Å². The molecule has 1 heterocycles. The number of rotatable bonds is 1. The smallest absolute Gasteiger partial charge is 0.253 e. The van der Waals surface area contributed by atoms with Crippen molar-refractivity contribution in [2.75, 3.05) is 0 Å². The zero-order chi connectivity index (χ0) is 10.2. The Balaban J connectivity index is 3.53. The molecule has 0 unspecified atom stereocenters. The van der Waals surface area contributed by atoms with Crippen molar-refractivity contribution in [2.45, 2.75) is 0 Å². The van der Waals surface area contributed by atoms with Crippen LogP contribution < -0.4 is 0 Å². The predicted octanol–water partition coefficient (Wildman–Crippen LogP) is 1.46. The van der Waals surface area contributed by atoms with E-state index >= 15 is 0 Å². The van der Waals surface area contributed by atoms with Crippen LogP contribution in [0.15, 0.2) is 24.4 Å². The van der Waals surface area contributed by atoms with Gasteiger partial charge in [-0.25, -0.2) is 0 Å². The molecule has 0 spiro atoms. The minimum atomic E-state index is -1.00. The van der Waals surface area contributed by atoms with Gasteiger partial charge in [0.1, 0.15) is 0 Å². The van der Waals surface area contributed by atoms with Crippen LogP contribution >= 0.6 is 11.6 Å². The molecule has 9 heavy (non-hydrogen) atoms. The fraction of sp³-hybridized carbons (Fsp3) is 0. The van der Waals surface area contributed by atoms with Gasteiger partial charge < -0.3 is 0 Å². The first-order valence-electron chi connectivity index (χ1n) is 4.09. The van der Waals surface area contributed by atoms with Crippen LogP contribution in [0.4, 0.5) is 0 Å². The fourth-order valence-corrected chi connectivity index (χ4v) is 0.413. The predicted molar refractivity (Wildman–Crippen MR) is 34.4 cm³/mol. The van der Waals surface area contributed by atoms with Crippen LogP contribution in [0.25, 0.3) is 0 Å². The molecule has 0 atom stereocenters. The largest absolute Gasteiger partial charge is 0.276 e. The second kappa shape index (κ2) is 2.60. The zero-order valence-corrected chi connectivity index (χ0v) is 4.99. The van der Waals surface area contributed by atoms with Gasteiger partial charge in [-0.2, -0.15) is 0 Å². The first kappa shape index (κ1) is 2.80. The molecule has 0 saturated heterocycles. The van der Waals surface area contributed by atoms with Crippen LogP contribution in [-0.2, 0) is 0 Å². The number of aromatic nitrogens is 1. The molecule has 0 aliphatic rings. The van der Waals surface area contributed by atoms with Crippen LogP contribution in [-0.4, -0.2) is 10.2 Å². The summed E-state index contributed by atoms with van der Waals surface area (Å²) in [4.78, 5) is 14.0. The molecule has 1 aromatic heterocycles. The maximum Gasteiger partial charge on any atom is 0.253 e. The van der Waals surface area contributed by atoms with Crippen LogP contribution in [0.2, 0.25) is 0 Å². The normalized spacial score (nSPS) is 15.2. The van der Waals surface area contributed by atoms with Gasteiger partial charge in [-0.05, 0) is 23.7 Å². The van der Waals surface area contributed by atoms with Crippen molar-refractivity contribution in [1.29, 1.82) is 0 Å². The van der Waals surface area contributed by atoms with E-state index in [1.807, 2.05) is 0 Å². The molecule has 2 nitrogen and oxygen atoms in total. The first-order chi connectivity index (χ1) is 5.95.